The van der Waals surface area contributed by atoms with Crippen LogP contribution in [0.2, 0.25) is 0 Å². The van der Waals surface area contributed by atoms with E-state index in [1.807, 2.05) is 25.1 Å². The molecule has 0 fully saturated rings. The summed E-state index contributed by atoms with van der Waals surface area (Å²) in [6.07, 6.45) is 0. The number of hydrogen-bond donors (Lipinski definition) is 1. The van der Waals surface area contributed by atoms with Gasteiger partial charge in [0.05, 0.1) is 13.2 Å². The molecule has 0 heterocycles. The lowest BCUT2D eigenvalue weighted by Crippen LogP contribution is -2.15. The van der Waals surface area contributed by atoms with Gasteiger partial charge in [0.25, 0.3) is 0 Å². The van der Waals surface area contributed by atoms with E-state index >= 15 is 0 Å². The molecule has 0 aliphatic rings. The van der Waals surface area contributed by atoms with Gasteiger partial charge in [0, 0.05) is 17.1 Å². The number of amidine groups is 1. The summed E-state index contributed by atoms with van der Waals surface area (Å²) in [6.45, 7) is 3.22. The zero-order chi connectivity index (χ0) is 11.3. The molecular formula is C11H15BrN2O. The molecule has 1 aromatic rings. The van der Waals surface area contributed by atoms with Crippen molar-refractivity contribution in [3.05, 3.63) is 33.8 Å². The third-order valence-electron chi connectivity index (χ3n) is 2.05. The Morgan fingerprint density at radius 1 is 1.53 bits per heavy atom. The van der Waals surface area contributed by atoms with Crippen molar-refractivity contribution in [1.29, 1.82) is 0 Å². The molecule has 1 rings (SSSR count). The molecule has 0 spiro atoms. The molecule has 0 radical (unpaired) electrons. The monoisotopic (exact) mass is 270 g/mol. The summed E-state index contributed by atoms with van der Waals surface area (Å²) in [5, 5.41) is 0. The van der Waals surface area contributed by atoms with Gasteiger partial charge < -0.3 is 10.5 Å². The zero-order valence-corrected chi connectivity index (χ0v) is 10.5. The Bertz CT molecular complexity index is 364. The maximum Gasteiger partial charge on any atom is 0.125 e. The molecule has 1 aromatic carbocycles. The summed E-state index contributed by atoms with van der Waals surface area (Å²) >= 11 is 3.46. The van der Waals surface area contributed by atoms with Gasteiger partial charge in [0.1, 0.15) is 5.84 Å². The average Bonchev–Trinajstić information content (AvgIpc) is 2.22. The highest BCUT2D eigenvalue weighted by Gasteiger charge is 2.00. The molecule has 0 saturated heterocycles. The Morgan fingerprint density at radius 3 is 2.87 bits per heavy atom. The van der Waals surface area contributed by atoms with E-state index < -0.39 is 0 Å². The number of aliphatic imine (C=N–C) groups is 1. The number of methoxy groups -OCH3 is 1. The molecule has 0 aliphatic carbocycles. The highest BCUT2D eigenvalue weighted by molar-refractivity contribution is 9.10. The van der Waals surface area contributed by atoms with Crippen LogP contribution >= 0.6 is 15.9 Å². The first-order valence-electron chi connectivity index (χ1n) is 4.70. The molecule has 2 N–H and O–H groups in total. The fraction of sp³-hybridized carbons (Fsp3) is 0.364. The maximum atomic E-state index is 5.83. The Morgan fingerprint density at radius 2 is 2.27 bits per heavy atom. The second-order valence-electron chi connectivity index (χ2n) is 3.22. The number of halogens is 1. The van der Waals surface area contributed by atoms with E-state index in [1.165, 1.54) is 5.56 Å². The summed E-state index contributed by atoms with van der Waals surface area (Å²) in [7, 11) is 1.65. The van der Waals surface area contributed by atoms with Crippen LogP contribution in [0.5, 0.6) is 0 Å². The van der Waals surface area contributed by atoms with Gasteiger partial charge in [0.15, 0.2) is 0 Å². The van der Waals surface area contributed by atoms with Crippen molar-refractivity contribution in [3.8, 4) is 0 Å². The molecule has 15 heavy (non-hydrogen) atoms. The topological polar surface area (TPSA) is 47.6 Å². The van der Waals surface area contributed by atoms with Gasteiger partial charge in [-0.05, 0) is 18.6 Å². The van der Waals surface area contributed by atoms with E-state index in [0.29, 0.717) is 19.0 Å². The molecule has 0 bridgehead atoms. The van der Waals surface area contributed by atoms with Crippen molar-refractivity contribution < 1.29 is 4.74 Å². The summed E-state index contributed by atoms with van der Waals surface area (Å²) in [6, 6.07) is 5.95. The van der Waals surface area contributed by atoms with Crippen LogP contribution in [-0.2, 0) is 4.74 Å². The molecule has 0 aromatic heterocycles. The molecule has 3 nitrogen and oxygen atoms in total. The van der Waals surface area contributed by atoms with Crippen LogP contribution in [0.15, 0.2) is 27.7 Å². The minimum absolute atomic E-state index is 0.549. The Kier molecular flexibility index (Phi) is 4.78. The van der Waals surface area contributed by atoms with Crippen molar-refractivity contribution >= 4 is 21.8 Å². The SMILES string of the molecule is COCCN=C(N)c1ccc(C)c(Br)c1. The highest BCUT2D eigenvalue weighted by atomic mass is 79.9. The van der Waals surface area contributed by atoms with Gasteiger partial charge in [-0.1, -0.05) is 28.1 Å². The third-order valence-corrected chi connectivity index (χ3v) is 2.90. The zero-order valence-electron chi connectivity index (χ0n) is 8.96. The Hall–Kier alpha value is -0.870. The van der Waals surface area contributed by atoms with Crippen molar-refractivity contribution in [2.75, 3.05) is 20.3 Å². The summed E-state index contributed by atoms with van der Waals surface area (Å²) < 4.78 is 5.95. The predicted molar refractivity (Wildman–Crippen MR) is 66.3 cm³/mol. The summed E-state index contributed by atoms with van der Waals surface area (Å²) in [5.74, 6) is 0.549. The summed E-state index contributed by atoms with van der Waals surface area (Å²) in [5.41, 5.74) is 7.95. The number of benzene rings is 1. The minimum Gasteiger partial charge on any atom is -0.384 e. The first kappa shape index (κ1) is 12.2. The van der Waals surface area contributed by atoms with Crippen molar-refractivity contribution in [1.82, 2.24) is 0 Å². The number of nitrogens with two attached hydrogens (primary N) is 1. The Labute approximate surface area is 98.5 Å². The molecular weight excluding hydrogens is 256 g/mol. The average molecular weight is 271 g/mol. The number of hydrogen-bond acceptors (Lipinski definition) is 2. The van der Waals surface area contributed by atoms with Crippen LogP contribution in [0.4, 0.5) is 0 Å². The van der Waals surface area contributed by atoms with E-state index in [1.54, 1.807) is 7.11 Å². The molecule has 0 aliphatic heterocycles. The van der Waals surface area contributed by atoms with Crippen LogP contribution in [0.3, 0.4) is 0 Å². The van der Waals surface area contributed by atoms with Gasteiger partial charge in [0.2, 0.25) is 0 Å². The smallest absolute Gasteiger partial charge is 0.125 e. The highest BCUT2D eigenvalue weighted by Crippen LogP contribution is 2.17. The van der Waals surface area contributed by atoms with Gasteiger partial charge in [-0.3, -0.25) is 4.99 Å². The van der Waals surface area contributed by atoms with Crippen LogP contribution in [0.25, 0.3) is 0 Å². The second kappa shape index (κ2) is 5.88. The van der Waals surface area contributed by atoms with E-state index in [9.17, 15) is 0 Å². The van der Waals surface area contributed by atoms with Crippen molar-refractivity contribution in [2.24, 2.45) is 10.7 Å². The van der Waals surface area contributed by atoms with Crippen LogP contribution in [0, 0.1) is 6.92 Å². The molecule has 0 saturated carbocycles. The molecule has 0 atom stereocenters. The van der Waals surface area contributed by atoms with Gasteiger partial charge in [-0.15, -0.1) is 0 Å². The number of ether oxygens (including phenoxy) is 1. The lowest BCUT2D eigenvalue weighted by Gasteiger charge is -2.03. The third kappa shape index (κ3) is 3.64. The van der Waals surface area contributed by atoms with E-state index in [4.69, 9.17) is 10.5 Å². The first-order chi connectivity index (χ1) is 7.15. The van der Waals surface area contributed by atoms with E-state index in [-0.39, 0.29) is 0 Å². The number of nitrogens with zero attached hydrogens (tertiary/aromatic N) is 1. The lowest BCUT2D eigenvalue weighted by atomic mass is 10.1. The van der Waals surface area contributed by atoms with Gasteiger partial charge >= 0.3 is 0 Å². The normalized spacial score (nSPS) is 11.8. The minimum atomic E-state index is 0.549. The largest absolute Gasteiger partial charge is 0.384 e. The predicted octanol–water partition coefficient (Wildman–Crippen LogP) is 2.11. The van der Waals surface area contributed by atoms with E-state index in [0.717, 1.165) is 10.0 Å². The first-order valence-corrected chi connectivity index (χ1v) is 5.50. The fourth-order valence-electron chi connectivity index (χ4n) is 1.10. The van der Waals surface area contributed by atoms with E-state index in [2.05, 4.69) is 20.9 Å². The molecule has 4 heteroatoms. The van der Waals surface area contributed by atoms with Crippen LogP contribution < -0.4 is 5.73 Å². The molecule has 0 unspecified atom stereocenters. The standard InChI is InChI=1S/C11H15BrN2O/c1-8-3-4-9(7-10(8)12)11(13)14-5-6-15-2/h3-4,7H,5-6H2,1-2H3,(H2,13,14). The number of aryl methyl sites for hydroxylation is 1. The Balaban J connectivity index is 2.77. The van der Waals surface area contributed by atoms with Crippen molar-refractivity contribution in [2.45, 2.75) is 6.92 Å². The molecule has 82 valence electrons. The van der Waals surface area contributed by atoms with Crippen LogP contribution in [0.1, 0.15) is 11.1 Å². The second-order valence-corrected chi connectivity index (χ2v) is 4.08. The number of rotatable bonds is 4. The molecule has 0 amide bonds. The quantitative estimate of drug-likeness (QED) is 0.518. The van der Waals surface area contributed by atoms with Gasteiger partial charge in [-0.25, -0.2) is 0 Å². The van der Waals surface area contributed by atoms with Crippen molar-refractivity contribution in [3.63, 3.8) is 0 Å². The lowest BCUT2D eigenvalue weighted by molar-refractivity contribution is 0.208. The van der Waals surface area contributed by atoms with Crippen LogP contribution in [-0.4, -0.2) is 26.1 Å². The maximum absolute atomic E-state index is 5.83. The summed E-state index contributed by atoms with van der Waals surface area (Å²) in [4.78, 5) is 4.20. The fourth-order valence-corrected chi connectivity index (χ4v) is 1.48. The van der Waals surface area contributed by atoms with Gasteiger partial charge in [-0.2, -0.15) is 0 Å².